The molecule has 0 aromatic heterocycles. The first-order valence-corrected chi connectivity index (χ1v) is 32.5. The van der Waals surface area contributed by atoms with E-state index in [1.165, 1.54) is 38.5 Å². The molecule has 0 bridgehead atoms. The van der Waals surface area contributed by atoms with E-state index in [4.69, 9.17) is 42.0 Å². The second kappa shape index (κ2) is 27.7. The third-order valence-electron chi connectivity index (χ3n) is 15.5. The smallest absolute Gasteiger partial charge is 0.192 e. The summed E-state index contributed by atoms with van der Waals surface area (Å²) in [7, 11) is -1.80. The Balaban J connectivity index is 1.53. The highest BCUT2D eigenvalue weighted by Gasteiger charge is 2.56. The molecule has 0 spiro atoms. The Morgan fingerprint density at radius 1 is 0.620 bits per heavy atom. The van der Waals surface area contributed by atoms with E-state index >= 15 is 0 Å². The number of aliphatic hydroxyl groups is 1. The van der Waals surface area contributed by atoms with Crippen molar-refractivity contribution in [3.05, 3.63) is 108 Å². The van der Waals surface area contributed by atoms with Gasteiger partial charge in [0.1, 0.15) is 55.8 Å². The van der Waals surface area contributed by atoms with E-state index < -0.39 is 65.0 Å². The summed E-state index contributed by atoms with van der Waals surface area (Å²) < 4.78 is 60.2. The van der Waals surface area contributed by atoms with Gasteiger partial charge in [-0.05, 0) is 72.2 Å². The molecule has 2 fully saturated rings. The Morgan fingerprint density at radius 2 is 1.11 bits per heavy atom. The average molecular weight is 1020 g/mol. The molecule has 5 rings (SSSR count). The number of aliphatic hydroxyl groups excluding tert-OH is 1. The lowest BCUT2D eigenvalue weighted by Gasteiger charge is -2.44. The van der Waals surface area contributed by atoms with Gasteiger partial charge in [0, 0.05) is 14.2 Å². The van der Waals surface area contributed by atoms with Gasteiger partial charge in [0.2, 0.25) is 0 Å². The van der Waals surface area contributed by atoms with E-state index in [0.29, 0.717) is 6.42 Å². The van der Waals surface area contributed by atoms with Crippen LogP contribution in [-0.4, -0.2) is 111 Å². The lowest BCUT2D eigenvalue weighted by atomic mass is 9.80. The molecule has 396 valence electrons. The molecule has 9 atom stereocenters. The number of hydrogen-bond acceptors (Lipinski definition) is 10. The highest BCUT2D eigenvalue weighted by Crippen LogP contribution is 2.46. The van der Waals surface area contributed by atoms with Crippen LogP contribution in [0.3, 0.4) is 0 Å². The lowest BCUT2D eigenvalue weighted by Crippen LogP contribution is -2.55. The van der Waals surface area contributed by atoms with Crippen molar-refractivity contribution in [1.29, 1.82) is 0 Å². The van der Waals surface area contributed by atoms with Crippen molar-refractivity contribution in [1.82, 2.24) is 0 Å². The second-order valence-corrected chi connectivity index (χ2v) is 32.3. The molecule has 12 heteroatoms. The molecule has 10 nitrogen and oxygen atoms in total. The van der Waals surface area contributed by atoms with Gasteiger partial charge in [-0.15, -0.1) is 0 Å². The molecule has 3 aromatic rings. The van der Waals surface area contributed by atoms with Crippen molar-refractivity contribution < 1.29 is 47.1 Å². The Labute approximate surface area is 431 Å². The van der Waals surface area contributed by atoms with Gasteiger partial charge >= 0.3 is 0 Å². The molecule has 2 saturated heterocycles. The molecule has 71 heavy (non-hydrogen) atoms. The van der Waals surface area contributed by atoms with Crippen molar-refractivity contribution >= 4 is 16.6 Å². The van der Waals surface area contributed by atoms with Gasteiger partial charge in [-0.3, -0.25) is 0 Å². The summed E-state index contributed by atoms with van der Waals surface area (Å²) in [6.45, 7) is 25.1. The maximum atomic E-state index is 11.9. The standard InChI is InChI=1S/C59H92O10Si2/c1-14-15-16-17-18-19-20-30-37-51-50(63-43-61-8)41-40-49(66-51)48(60)38-39-52(64-44-62-9)54-56(69-71(12,13)58(5,6)7)55(68-70(10,11)57(2,3)4)53(67-54)42-65-59(45-31-24-21-25-32-45,46-33-26-22-27-34-46)47-35-28-23-29-36-47/h21-29,31-36,48-56,60H,14-20,30,37,40-44H2,1-13H3/t48?,49-,50+,51-,52-,53+,54+,55+,56+/m0/s1. The van der Waals surface area contributed by atoms with Crippen molar-refractivity contribution in [3.8, 4) is 11.8 Å². The monoisotopic (exact) mass is 1020 g/mol. The Morgan fingerprint density at radius 3 is 1.61 bits per heavy atom. The van der Waals surface area contributed by atoms with Crippen molar-refractivity contribution in [2.24, 2.45) is 0 Å². The molecule has 0 aliphatic carbocycles. The fourth-order valence-electron chi connectivity index (χ4n) is 9.25. The Kier molecular flexibility index (Phi) is 23.1. The minimum atomic E-state index is -2.53. The summed E-state index contributed by atoms with van der Waals surface area (Å²) in [6.07, 6.45) is 6.73. The fourth-order valence-corrected chi connectivity index (χ4v) is 11.9. The van der Waals surface area contributed by atoms with Crippen molar-refractivity contribution in [2.45, 2.75) is 216 Å². The SMILES string of the molecule is CCCCCCCCCC[C@@H]1O[C@H](C(O)C#C[C@H](OCOC)[C@H]2O[C@H](COC(c3ccccc3)(c3ccccc3)c3ccccc3)[C@@H](O[Si](C)(C)C(C)(C)C)[C@@H]2O[Si](C)(C)C(C)(C)C)CC[C@H]1OCOC. The summed E-state index contributed by atoms with van der Waals surface area (Å²) in [5.41, 5.74) is 1.97. The third-order valence-corrected chi connectivity index (χ3v) is 24.4. The van der Waals surface area contributed by atoms with Crippen LogP contribution in [0.5, 0.6) is 0 Å². The molecule has 2 aliphatic heterocycles. The van der Waals surface area contributed by atoms with Crippen LogP contribution in [0.2, 0.25) is 36.3 Å². The van der Waals surface area contributed by atoms with E-state index in [0.717, 1.165) is 42.4 Å². The van der Waals surface area contributed by atoms with E-state index in [-0.39, 0.29) is 42.5 Å². The first kappa shape index (κ1) is 59.1. The van der Waals surface area contributed by atoms with Crippen LogP contribution in [0.15, 0.2) is 91.0 Å². The summed E-state index contributed by atoms with van der Waals surface area (Å²) in [5.74, 6) is 6.57. The van der Waals surface area contributed by atoms with Crippen LogP contribution in [0.4, 0.5) is 0 Å². The number of methoxy groups -OCH3 is 2. The maximum absolute atomic E-state index is 11.9. The van der Waals surface area contributed by atoms with Gasteiger partial charge in [-0.1, -0.05) is 203 Å². The highest BCUT2D eigenvalue weighted by molar-refractivity contribution is 6.74. The van der Waals surface area contributed by atoms with Crippen LogP contribution >= 0.6 is 0 Å². The van der Waals surface area contributed by atoms with Crippen LogP contribution in [0.25, 0.3) is 0 Å². The van der Waals surface area contributed by atoms with Crippen molar-refractivity contribution in [2.75, 3.05) is 34.4 Å². The predicted octanol–water partition coefficient (Wildman–Crippen LogP) is 13.0. The lowest BCUT2D eigenvalue weighted by molar-refractivity contribution is -0.186. The van der Waals surface area contributed by atoms with Crippen LogP contribution < -0.4 is 0 Å². The predicted molar refractivity (Wildman–Crippen MR) is 290 cm³/mol. The molecule has 0 radical (unpaired) electrons. The molecule has 1 unspecified atom stereocenters. The van der Waals surface area contributed by atoms with E-state index in [9.17, 15) is 5.11 Å². The Hall–Kier alpha value is -2.75. The molecule has 0 amide bonds. The second-order valence-electron chi connectivity index (χ2n) is 22.8. The molecule has 1 N–H and O–H groups in total. The number of benzene rings is 3. The molecule has 2 heterocycles. The normalized spacial score (nSPS) is 23.3. The van der Waals surface area contributed by atoms with E-state index in [1.807, 2.05) is 18.2 Å². The first-order valence-electron chi connectivity index (χ1n) is 26.7. The quantitative estimate of drug-likeness (QED) is 0.0261. The van der Waals surface area contributed by atoms with E-state index in [1.54, 1.807) is 14.2 Å². The molecular formula is C59H92O10Si2. The van der Waals surface area contributed by atoms with Gasteiger partial charge < -0.3 is 47.1 Å². The number of hydrogen-bond donors (Lipinski definition) is 1. The minimum Gasteiger partial charge on any atom is -0.408 e. The third kappa shape index (κ3) is 16.1. The van der Waals surface area contributed by atoms with Gasteiger partial charge in [-0.25, -0.2) is 0 Å². The number of ether oxygens (including phenoxy) is 7. The zero-order valence-corrected chi connectivity index (χ0v) is 47.9. The summed E-state index contributed by atoms with van der Waals surface area (Å²) in [4.78, 5) is 0. The largest absolute Gasteiger partial charge is 0.408 e. The van der Waals surface area contributed by atoms with Crippen LogP contribution in [-0.2, 0) is 47.6 Å². The zero-order chi connectivity index (χ0) is 51.7. The molecule has 0 saturated carbocycles. The van der Waals surface area contributed by atoms with Crippen LogP contribution in [0, 0.1) is 11.8 Å². The summed E-state index contributed by atoms with van der Waals surface area (Å²) in [6, 6.07) is 31.2. The zero-order valence-electron chi connectivity index (χ0n) is 45.9. The van der Waals surface area contributed by atoms with Gasteiger partial charge in [-0.2, -0.15) is 0 Å². The molecule has 2 aliphatic rings. The highest BCUT2D eigenvalue weighted by atomic mass is 28.4. The van der Waals surface area contributed by atoms with Crippen LogP contribution in [0.1, 0.15) is 136 Å². The fraction of sp³-hybridized carbons (Fsp3) is 0.661. The Bertz CT molecular complexity index is 1920. The summed E-state index contributed by atoms with van der Waals surface area (Å²) in [5, 5.41) is 11.7. The van der Waals surface area contributed by atoms with E-state index in [2.05, 4.69) is 159 Å². The number of unbranched alkanes of at least 4 members (excludes halogenated alkanes) is 7. The minimum absolute atomic E-state index is 0.0463. The van der Waals surface area contributed by atoms with Gasteiger partial charge in [0.05, 0.1) is 24.9 Å². The van der Waals surface area contributed by atoms with Crippen molar-refractivity contribution in [3.63, 3.8) is 0 Å². The first-order chi connectivity index (χ1) is 33.8. The van der Waals surface area contributed by atoms with Gasteiger partial charge in [0.15, 0.2) is 16.6 Å². The maximum Gasteiger partial charge on any atom is 0.192 e. The molecule has 3 aromatic carbocycles. The van der Waals surface area contributed by atoms with Gasteiger partial charge in [0.25, 0.3) is 0 Å². The number of rotatable bonds is 27. The molecular weight excluding hydrogens is 925 g/mol. The summed E-state index contributed by atoms with van der Waals surface area (Å²) >= 11 is 0. The topological polar surface area (TPSA) is 103 Å². The average Bonchev–Trinajstić information content (AvgIpc) is 3.66.